The van der Waals surface area contributed by atoms with Gasteiger partial charge in [-0.05, 0) is 55.0 Å². The van der Waals surface area contributed by atoms with Gasteiger partial charge in [-0.1, -0.05) is 24.3 Å². The quantitative estimate of drug-likeness (QED) is 0.231. The molecule has 0 fully saturated rings. The number of benzene rings is 3. The van der Waals surface area contributed by atoms with Gasteiger partial charge in [0.15, 0.2) is 11.6 Å². The molecule has 4 N–H and O–H groups in total. The Kier molecular flexibility index (Phi) is 6.76. The highest BCUT2D eigenvalue weighted by molar-refractivity contribution is 6.16. The van der Waals surface area contributed by atoms with Crippen molar-refractivity contribution in [3.05, 3.63) is 112 Å². The third kappa shape index (κ3) is 4.79. The predicted molar refractivity (Wildman–Crippen MR) is 145 cm³/mol. The van der Waals surface area contributed by atoms with Crippen molar-refractivity contribution in [3.8, 4) is 16.9 Å². The number of methoxy groups -OCH3 is 1. The number of hydrogen-bond acceptors (Lipinski definition) is 8. The first-order valence-electron chi connectivity index (χ1n) is 11.9. The number of nitrogens with one attached hydrogen (secondary N) is 2. The van der Waals surface area contributed by atoms with Crippen LogP contribution in [0.5, 0.6) is 5.75 Å². The summed E-state index contributed by atoms with van der Waals surface area (Å²) >= 11 is 0. The fourth-order valence-electron chi connectivity index (χ4n) is 4.37. The van der Waals surface area contributed by atoms with Gasteiger partial charge in [-0.3, -0.25) is 10.2 Å². The summed E-state index contributed by atoms with van der Waals surface area (Å²) < 4.78 is 39.7. The average Bonchev–Trinajstić information content (AvgIpc) is 2.92. The molecule has 0 radical (unpaired) electrons. The van der Waals surface area contributed by atoms with E-state index in [0.717, 1.165) is 6.07 Å². The van der Waals surface area contributed by atoms with E-state index in [-0.39, 0.29) is 51.0 Å². The fourth-order valence-corrected chi connectivity index (χ4v) is 4.37. The highest BCUT2D eigenvalue weighted by Crippen LogP contribution is 2.33. The Morgan fingerprint density at radius 3 is 2.62 bits per heavy atom. The van der Waals surface area contributed by atoms with Gasteiger partial charge in [0.25, 0.3) is 0 Å². The Bertz CT molecular complexity index is 1790. The van der Waals surface area contributed by atoms with Gasteiger partial charge in [0.1, 0.15) is 35.1 Å². The molecule has 0 bridgehead atoms. The molecule has 2 aromatic heterocycles. The molecule has 0 aliphatic carbocycles. The maximum Gasteiger partial charge on any atom is 0.200 e. The highest BCUT2D eigenvalue weighted by atomic mass is 19.1. The molecule has 5 aromatic rings. The van der Waals surface area contributed by atoms with E-state index in [0.29, 0.717) is 16.5 Å². The van der Waals surface area contributed by atoms with Crippen molar-refractivity contribution in [2.24, 2.45) is 0 Å². The summed E-state index contributed by atoms with van der Waals surface area (Å²) in [5, 5.41) is 12.3. The van der Waals surface area contributed by atoms with Gasteiger partial charge in [0, 0.05) is 5.56 Å². The number of nitrogen functional groups attached to an aromatic ring is 1. The normalized spacial score (nSPS) is 11.8. The molecule has 5 rings (SSSR count). The lowest BCUT2D eigenvalue weighted by atomic mass is 9.98. The molecule has 0 aliphatic heterocycles. The molecule has 0 saturated heterocycles. The van der Waals surface area contributed by atoms with Crippen molar-refractivity contribution in [3.63, 3.8) is 0 Å². The van der Waals surface area contributed by atoms with Crippen LogP contribution in [0.3, 0.4) is 0 Å². The van der Waals surface area contributed by atoms with E-state index in [1.807, 2.05) is 0 Å². The van der Waals surface area contributed by atoms with Crippen molar-refractivity contribution < 1.29 is 17.9 Å². The second kappa shape index (κ2) is 10.3. The maximum absolute atomic E-state index is 14.4. The van der Waals surface area contributed by atoms with Crippen LogP contribution in [0.25, 0.3) is 22.1 Å². The Morgan fingerprint density at radius 1 is 1.08 bits per heavy atom. The van der Waals surface area contributed by atoms with Crippen LogP contribution in [0.1, 0.15) is 29.9 Å². The van der Waals surface area contributed by atoms with Gasteiger partial charge in [-0.25, -0.2) is 18.7 Å². The van der Waals surface area contributed by atoms with Crippen LogP contribution in [0.15, 0.2) is 82.3 Å². The third-order valence-corrected chi connectivity index (χ3v) is 6.25. The lowest BCUT2D eigenvalue weighted by Crippen LogP contribution is -2.19. The highest BCUT2D eigenvalue weighted by Gasteiger charge is 2.24. The number of nitrogens with two attached hydrogens (primary N) is 1. The van der Waals surface area contributed by atoms with E-state index in [9.17, 15) is 13.6 Å². The van der Waals surface area contributed by atoms with Crippen LogP contribution in [0.4, 0.5) is 20.4 Å². The van der Waals surface area contributed by atoms with Crippen LogP contribution in [-0.4, -0.2) is 22.8 Å². The van der Waals surface area contributed by atoms with E-state index >= 15 is 0 Å². The van der Waals surface area contributed by atoms with Gasteiger partial charge in [0.2, 0.25) is 5.43 Å². The lowest BCUT2D eigenvalue weighted by molar-refractivity contribution is 0.386. The molecular formula is C29H23F2N5O3. The first-order valence-corrected chi connectivity index (χ1v) is 11.9. The number of nitrogens with zero attached hydrogens (tertiary/aromatic N) is 2. The van der Waals surface area contributed by atoms with Crippen LogP contribution in [-0.2, 0) is 0 Å². The second-order valence-electron chi connectivity index (χ2n) is 8.75. The summed E-state index contributed by atoms with van der Waals surface area (Å²) in [5.74, 6) is -0.724. The second-order valence-corrected chi connectivity index (χ2v) is 8.75. The Hall–Kier alpha value is -5.12. The van der Waals surface area contributed by atoms with E-state index in [1.165, 1.54) is 43.8 Å². The van der Waals surface area contributed by atoms with Gasteiger partial charge >= 0.3 is 0 Å². The van der Waals surface area contributed by atoms with Gasteiger partial charge in [-0.2, -0.15) is 0 Å². The third-order valence-electron chi connectivity index (χ3n) is 6.25. The zero-order valence-electron chi connectivity index (χ0n) is 21.0. The minimum absolute atomic E-state index is 0.00811. The summed E-state index contributed by atoms with van der Waals surface area (Å²) in [7, 11) is 1.35. The topological polar surface area (TPSA) is 127 Å². The Labute approximate surface area is 221 Å². The first kappa shape index (κ1) is 25.5. The van der Waals surface area contributed by atoms with E-state index in [1.54, 1.807) is 37.3 Å². The van der Waals surface area contributed by atoms with E-state index in [4.69, 9.17) is 20.3 Å². The number of aromatic nitrogens is 2. The maximum atomic E-state index is 14.4. The monoisotopic (exact) mass is 527 g/mol. The average molecular weight is 528 g/mol. The zero-order chi connectivity index (χ0) is 27.7. The molecule has 196 valence electrons. The molecule has 0 aliphatic rings. The standard InChI is InChI=1S/C29H23F2N5O3/c1-15(27-23(16-6-5-7-18(30)12-16)26(37)19-8-3-4-9-21(19)39-27)36-29-24(28(33)34-14-35-29)25(32)17-10-11-22(38-2)20(31)13-17/h3-15,32H,1-2H3,(H3,33,34,35,36). The number of hydrogen-bond donors (Lipinski definition) is 3. The number of fused-ring (bicyclic) bond motifs is 1. The lowest BCUT2D eigenvalue weighted by Gasteiger charge is -2.20. The summed E-state index contributed by atoms with van der Waals surface area (Å²) in [4.78, 5) is 21.9. The molecule has 0 saturated carbocycles. The zero-order valence-corrected chi connectivity index (χ0v) is 21.0. The summed E-state index contributed by atoms with van der Waals surface area (Å²) in [6.45, 7) is 1.73. The number of anilines is 2. The predicted octanol–water partition coefficient (Wildman–Crippen LogP) is 5.71. The van der Waals surface area contributed by atoms with Crippen LogP contribution in [0.2, 0.25) is 0 Å². The number of halogens is 2. The first-order chi connectivity index (χ1) is 18.8. The van der Waals surface area contributed by atoms with Crippen LogP contribution >= 0.6 is 0 Å². The SMILES string of the molecule is COc1ccc(C(=N)c2c(N)ncnc2NC(C)c2oc3ccccc3c(=O)c2-c2cccc(F)c2)cc1F. The Balaban J connectivity index is 1.61. The number of ether oxygens (including phenoxy) is 1. The van der Waals surface area contributed by atoms with Gasteiger partial charge in [0.05, 0.1) is 35.4 Å². The number of rotatable bonds is 7. The van der Waals surface area contributed by atoms with Crippen LogP contribution in [0, 0.1) is 17.0 Å². The molecule has 10 heteroatoms. The van der Waals surface area contributed by atoms with E-state index < -0.39 is 17.7 Å². The fraction of sp³-hybridized carbons (Fsp3) is 0.103. The van der Waals surface area contributed by atoms with Crippen molar-refractivity contribution in [1.82, 2.24) is 9.97 Å². The largest absolute Gasteiger partial charge is 0.494 e. The minimum Gasteiger partial charge on any atom is -0.494 e. The molecule has 3 aromatic carbocycles. The molecular weight excluding hydrogens is 504 g/mol. The molecule has 1 unspecified atom stereocenters. The van der Waals surface area contributed by atoms with Crippen molar-refractivity contribution >= 4 is 28.3 Å². The van der Waals surface area contributed by atoms with E-state index in [2.05, 4.69) is 15.3 Å². The molecule has 0 amide bonds. The van der Waals surface area contributed by atoms with Crippen molar-refractivity contribution in [2.45, 2.75) is 13.0 Å². The minimum atomic E-state index is -0.700. The summed E-state index contributed by atoms with van der Waals surface area (Å²) in [6, 6.07) is 15.9. The number of para-hydroxylation sites is 1. The Morgan fingerprint density at radius 2 is 1.87 bits per heavy atom. The van der Waals surface area contributed by atoms with Crippen molar-refractivity contribution in [2.75, 3.05) is 18.2 Å². The van der Waals surface area contributed by atoms with Gasteiger partial charge < -0.3 is 20.2 Å². The smallest absolute Gasteiger partial charge is 0.200 e. The summed E-state index contributed by atoms with van der Waals surface area (Å²) in [5.41, 5.74) is 6.93. The molecule has 8 nitrogen and oxygen atoms in total. The van der Waals surface area contributed by atoms with Crippen molar-refractivity contribution in [1.29, 1.82) is 5.41 Å². The molecule has 1 atom stereocenters. The molecule has 0 spiro atoms. The summed E-state index contributed by atoms with van der Waals surface area (Å²) in [6.07, 6.45) is 1.22. The van der Waals surface area contributed by atoms with Crippen LogP contribution < -0.4 is 21.2 Å². The molecule has 2 heterocycles. The van der Waals surface area contributed by atoms with Gasteiger partial charge in [-0.15, -0.1) is 0 Å². The molecule has 39 heavy (non-hydrogen) atoms.